The molecule has 0 radical (unpaired) electrons. The minimum Gasteiger partial charge on any atom is -0.322 e. The van der Waals surface area contributed by atoms with Gasteiger partial charge in [0.15, 0.2) is 0 Å². The van der Waals surface area contributed by atoms with Crippen molar-refractivity contribution in [3.8, 4) is 0 Å². The highest BCUT2D eigenvalue weighted by atomic mass is 32.1. The number of hydrogen-bond acceptors (Lipinski definition) is 3. The molecule has 1 N–H and O–H groups in total. The van der Waals surface area contributed by atoms with E-state index in [0.717, 1.165) is 15.8 Å². The second-order valence-corrected chi connectivity index (χ2v) is 4.34. The van der Waals surface area contributed by atoms with Crippen molar-refractivity contribution in [1.29, 1.82) is 0 Å². The summed E-state index contributed by atoms with van der Waals surface area (Å²) < 4.78 is 5.22. The average Bonchev–Trinajstić information content (AvgIpc) is 2.75. The topological polar surface area (TPSA) is 42.0 Å². The summed E-state index contributed by atoms with van der Waals surface area (Å²) in [4.78, 5) is 11.6. The lowest BCUT2D eigenvalue weighted by atomic mass is 10.2. The van der Waals surface area contributed by atoms with Gasteiger partial charge in [0.2, 0.25) is 0 Å². The molecule has 0 unspecified atom stereocenters. The van der Waals surface area contributed by atoms with Crippen LogP contribution in [-0.2, 0) is 4.79 Å². The van der Waals surface area contributed by atoms with Gasteiger partial charge >= 0.3 is 0 Å². The molecular weight excluding hydrogens is 220 g/mol. The van der Waals surface area contributed by atoms with Crippen molar-refractivity contribution >= 4 is 33.2 Å². The first-order valence-electron chi connectivity index (χ1n) is 4.99. The minimum absolute atomic E-state index is 0.0648. The van der Waals surface area contributed by atoms with Gasteiger partial charge in [-0.1, -0.05) is 6.08 Å². The normalized spacial score (nSPS) is 11.8. The van der Waals surface area contributed by atoms with Gasteiger partial charge in [0.05, 0.1) is 4.70 Å². The molecule has 0 aliphatic heterocycles. The summed E-state index contributed by atoms with van der Waals surface area (Å²) in [5.74, 6) is -0.0648. The summed E-state index contributed by atoms with van der Waals surface area (Å²) in [6.07, 6.45) is 3.60. The van der Waals surface area contributed by atoms with Crippen LogP contribution in [0.1, 0.15) is 13.8 Å². The maximum atomic E-state index is 11.6. The summed E-state index contributed by atoms with van der Waals surface area (Å²) >= 11 is 1.45. The number of nitrogens with one attached hydrogen (secondary N) is 1. The van der Waals surface area contributed by atoms with Crippen molar-refractivity contribution in [3.63, 3.8) is 0 Å². The standard InChI is InChI=1S/C12H12N2OS/c1-3-8(2)12(15)14-10-4-5-11-9(6-10)7-13-16-11/h3-7H,1-2H3,(H,14,15)/b8-3+. The van der Waals surface area contributed by atoms with Crippen molar-refractivity contribution < 1.29 is 4.79 Å². The third-order valence-corrected chi connectivity index (χ3v) is 3.18. The van der Waals surface area contributed by atoms with E-state index in [4.69, 9.17) is 0 Å². The molecule has 1 heterocycles. The SMILES string of the molecule is C/C=C(\C)C(=O)Nc1ccc2sncc2c1. The van der Waals surface area contributed by atoms with Crippen LogP contribution in [0.4, 0.5) is 5.69 Å². The smallest absolute Gasteiger partial charge is 0.250 e. The summed E-state index contributed by atoms with van der Waals surface area (Å²) in [5, 5.41) is 3.90. The lowest BCUT2D eigenvalue weighted by Crippen LogP contribution is -2.12. The predicted molar refractivity (Wildman–Crippen MR) is 67.7 cm³/mol. The van der Waals surface area contributed by atoms with Crippen molar-refractivity contribution in [2.45, 2.75) is 13.8 Å². The maximum Gasteiger partial charge on any atom is 0.250 e. The number of allylic oxidation sites excluding steroid dienone is 1. The molecule has 0 fully saturated rings. The van der Waals surface area contributed by atoms with Crippen LogP contribution in [0.5, 0.6) is 0 Å². The number of carbonyl (C=O) groups is 1. The Hall–Kier alpha value is -1.68. The summed E-state index contributed by atoms with van der Waals surface area (Å²) in [5.41, 5.74) is 1.52. The predicted octanol–water partition coefficient (Wildman–Crippen LogP) is 3.20. The number of rotatable bonds is 2. The first kappa shape index (κ1) is 10.8. The van der Waals surface area contributed by atoms with Crippen LogP contribution >= 0.6 is 11.5 Å². The lowest BCUT2D eigenvalue weighted by molar-refractivity contribution is -0.112. The molecule has 0 aliphatic carbocycles. The van der Waals surface area contributed by atoms with E-state index in [1.54, 1.807) is 19.2 Å². The van der Waals surface area contributed by atoms with Crippen LogP contribution in [-0.4, -0.2) is 10.3 Å². The third-order valence-electron chi connectivity index (χ3n) is 2.40. The molecule has 16 heavy (non-hydrogen) atoms. The van der Waals surface area contributed by atoms with Gasteiger partial charge in [-0.3, -0.25) is 4.79 Å². The Kier molecular flexibility index (Phi) is 3.01. The summed E-state index contributed by atoms with van der Waals surface area (Å²) in [6, 6.07) is 5.79. The van der Waals surface area contributed by atoms with Crippen LogP contribution in [0.3, 0.4) is 0 Å². The summed E-state index contributed by atoms with van der Waals surface area (Å²) in [7, 11) is 0. The van der Waals surface area contributed by atoms with E-state index < -0.39 is 0 Å². The molecule has 2 rings (SSSR count). The Morgan fingerprint density at radius 3 is 3.06 bits per heavy atom. The fourth-order valence-corrected chi connectivity index (χ4v) is 1.94. The first-order chi connectivity index (χ1) is 7.70. The van der Waals surface area contributed by atoms with Crippen LogP contribution in [0.25, 0.3) is 10.1 Å². The Morgan fingerprint density at radius 1 is 1.50 bits per heavy atom. The van der Waals surface area contributed by atoms with E-state index in [1.165, 1.54) is 11.5 Å². The molecule has 2 aromatic rings. The van der Waals surface area contributed by atoms with Gasteiger partial charge < -0.3 is 5.32 Å². The van der Waals surface area contributed by atoms with E-state index in [0.29, 0.717) is 5.57 Å². The van der Waals surface area contributed by atoms with Gasteiger partial charge in [0.1, 0.15) is 0 Å². The molecule has 0 spiro atoms. The maximum absolute atomic E-state index is 11.6. The van der Waals surface area contributed by atoms with Gasteiger partial charge in [-0.2, -0.15) is 4.37 Å². The zero-order valence-corrected chi connectivity index (χ0v) is 9.97. The minimum atomic E-state index is -0.0648. The van der Waals surface area contributed by atoms with E-state index in [9.17, 15) is 4.79 Å². The highest BCUT2D eigenvalue weighted by Gasteiger charge is 2.04. The quantitative estimate of drug-likeness (QED) is 0.808. The zero-order chi connectivity index (χ0) is 11.5. The molecule has 4 heteroatoms. The second kappa shape index (κ2) is 4.45. The fraction of sp³-hybridized carbons (Fsp3) is 0.167. The first-order valence-corrected chi connectivity index (χ1v) is 5.77. The van der Waals surface area contributed by atoms with Crippen molar-refractivity contribution in [3.05, 3.63) is 36.0 Å². The highest BCUT2D eigenvalue weighted by molar-refractivity contribution is 7.13. The van der Waals surface area contributed by atoms with E-state index >= 15 is 0 Å². The summed E-state index contributed by atoms with van der Waals surface area (Å²) in [6.45, 7) is 3.64. The number of nitrogens with zero attached hydrogens (tertiary/aromatic N) is 1. The molecule has 1 aromatic heterocycles. The Labute approximate surface area is 98.0 Å². The number of amides is 1. The van der Waals surface area contributed by atoms with E-state index in [-0.39, 0.29) is 5.91 Å². The fourth-order valence-electron chi connectivity index (χ4n) is 1.31. The molecule has 0 bridgehead atoms. The Morgan fingerprint density at radius 2 is 2.31 bits per heavy atom. The number of hydrogen-bond donors (Lipinski definition) is 1. The number of carbonyl (C=O) groups excluding carboxylic acids is 1. The molecule has 0 aliphatic rings. The molecule has 0 saturated heterocycles. The van der Waals surface area contributed by atoms with Crippen molar-refractivity contribution in [2.24, 2.45) is 0 Å². The van der Waals surface area contributed by atoms with E-state index in [2.05, 4.69) is 9.69 Å². The lowest BCUT2D eigenvalue weighted by Gasteiger charge is -2.04. The largest absolute Gasteiger partial charge is 0.322 e. The van der Waals surface area contributed by atoms with Crippen LogP contribution < -0.4 is 5.32 Å². The molecule has 3 nitrogen and oxygen atoms in total. The molecule has 0 saturated carbocycles. The third kappa shape index (κ3) is 2.12. The van der Waals surface area contributed by atoms with Gasteiger partial charge in [0, 0.05) is 22.8 Å². The van der Waals surface area contributed by atoms with E-state index in [1.807, 2.05) is 25.1 Å². The molecule has 1 aromatic carbocycles. The van der Waals surface area contributed by atoms with Crippen molar-refractivity contribution in [2.75, 3.05) is 5.32 Å². The average molecular weight is 232 g/mol. The molecule has 0 atom stereocenters. The Balaban J connectivity index is 2.24. The molecule has 1 amide bonds. The van der Waals surface area contributed by atoms with Gasteiger partial charge in [-0.15, -0.1) is 0 Å². The zero-order valence-electron chi connectivity index (χ0n) is 9.15. The monoisotopic (exact) mass is 232 g/mol. The number of fused-ring (bicyclic) bond motifs is 1. The van der Waals surface area contributed by atoms with Crippen LogP contribution in [0, 0.1) is 0 Å². The molecular formula is C12H12N2OS. The Bertz CT molecular complexity index is 557. The highest BCUT2D eigenvalue weighted by Crippen LogP contribution is 2.22. The number of benzene rings is 1. The van der Waals surface area contributed by atoms with Crippen LogP contribution in [0.15, 0.2) is 36.0 Å². The number of anilines is 1. The second-order valence-electron chi connectivity index (χ2n) is 3.50. The number of aromatic nitrogens is 1. The van der Waals surface area contributed by atoms with Gasteiger partial charge in [-0.25, -0.2) is 0 Å². The van der Waals surface area contributed by atoms with Crippen molar-refractivity contribution in [1.82, 2.24) is 4.37 Å². The van der Waals surface area contributed by atoms with Gasteiger partial charge in [0.25, 0.3) is 5.91 Å². The van der Waals surface area contributed by atoms with Crippen LogP contribution in [0.2, 0.25) is 0 Å². The molecule has 82 valence electrons. The van der Waals surface area contributed by atoms with Gasteiger partial charge in [-0.05, 0) is 43.6 Å².